The van der Waals surface area contributed by atoms with E-state index in [4.69, 9.17) is 9.47 Å². The van der Waals surface area contributed by atoms with Gasteiger partial charge in [-0.1, -0.05) is 33.8 Å². The van der Waals surface area contributed by atoms with E-state index in [1.165, 1.54) is 11.8 Å². The first-order valence-electron chi connectivity index (χ1n) is 11.2. The Kier molecular flexibility index (Phi) is 7.66. The third-order valence-electron chi connectivity index (χ3n) is 5.73. The summed E-state index contributed by atoms with van der Waals surface area (Å²) in [7, 11) is 0. The number of fused-ring (bicyclic) bond motifs is 1. The van der Waals surface area contributed by atoms with Crippen molar-refractivity contribution >= 4 is 50.4 Å². The number of allylic oxidation sites excluding steroid dienone is 1. The van der Waals surface area contributed by atoms with Crippen LogP contribution in [0.15, 0.2) is 68.7 Å². The van der Waals surface area contributed by atoms with Gasteiger partial charge in [0.05, 0.1) is 23.9 Å². The SMILES string of the molecule is CCOC(=O)C1=C(C)N=C2SC=CN2[C@H]1c1cc(Br)ccc1OCC(=O)Nc1ccc(C)c(C)c1. The zero-order valence-corrected chi connectivity index (χ0v) is 22.3. The lowest BCUT2D eigenvalue weighted by molar-refractivity contribution is -0.139. The molecule has 1 N–H and O–H groups in total. The van der Waals surface area contributed by atoms with Crippen LogP contribution in [0.4, 0.5) is 5.69 Å². The molecule has 0 aliphatic carbocycles. The lowest BCUT2D eigenvalue weighted by atomic mass is 9.94. The number of nitrogens with zero attached hydrogens (tertiary/aromatic N) is 2. The number of esters is 1. The van der Waals surface area contributed by atoms with Gasteiger partial charge in [0.2, 0.25) is 0 Å². The summed E-state index contributed by atoms with van der Waals surface area (Å²) in [5, 5.41) is 5.56. The van der Waals surface area contributed by atoms with Crippen molar-refractivity contribution in [1.29, 1.82) is 0 Å². The van der Waals surface area contributed by atoms with E-state index in [2.05, 4.69) is 26.2 Å². The van der Waals surface area contributed by atoms with Crippen LogP contribution in [-0.4, -0.2) is 35.2 Å². The summed E-state index contributed by atoms with van der Waals surface area (Å²) in [6.45, 7) is 7.67. The van der Waals surface area contributed by atoms with Gasteiger partial charge in [-0.3, -0.25) is 4.79 Å². The Morgan fingerprint density at radius 2 is 1.94 bits per heavy atom. The molecule has 35 heavy (non-hydrogen) atoms. The van der Waals surface area contributed by atoms with Crippen LogP contribution in [0.25, 0.3) is 0 Å². The maximum atomic E-state index is 13.0. The number of ether oxygens (including phenoxy) is 2. The predicted molar refractivity (Wildman–Crippen MR) is 142 cm³/mol. The molecule has 0 radical (unpaired) electrons. The summed E-state index contributed by atoms with van der Waals surface area (Å²) in [5.41, 5.74) is 4.72. The smallest absolute Gasteiger partial charge is 0.338 e. The van der Waals surface area contributed by atoms with E-state index in [0.29, 0.717) is 22.7 Å². The van der Waals surface area contributed by atoms with E-state index in [-0.39, 0.29) is 19.1 Å². The Bertz CT molecular complexity index is 1270. The van der Waals surface area contributed by atoms with Crippen LogP contribution in [0.5, 0.6) is 5.75 Å². The number of hydrogen-bond donors (Lipinski definition) is 1. The minimum atomic E-state index is -0.511. The van der Waals surface area contributed by atoms with Gasteiger partial charge in [0.15, 0.2) is 11.8 Å². The lowest BCUT2D eigenvalue weighted by Crippen LogP contribution is -2.34. The van der Waals surface area contributed by atoms with Crippen molar-refractivity contribution in [2.75, 3.05) is 18.5 Å². The zero-order chi connectivity index (χ0) is 25.1. The fourth-order valence-electron chi connectivity index (χ4n) is 3.90. The van der Waals surface area contributed by atoms with Crippen LogP contribution >= 0.6 is 27.7 Å². The van der Waals surface area contributed by atoms with E-state index in [1.54, 1.807) is 19.9 Å². The Balaban J connectivity index is 1.62. The number of hydrogen-bond acceptors (Lipinski definition) is 7. The fourth-order valence-corrected chi connectivity index (χ4v) is 5.07. The molecule has 2 aliphatic rings. The van der Waals surface area contributed by atoms with Gasteiger partial charge in [0, 0.05) is 21.9 Å². The number of benzene rings is 2. The quantitative estimate of drug-likeness (QED) is 0.431. The first kappa shape index (κ1) is 25.1. The molecular weight excluding hydrogens is 530 g/mol. The number of rotatable bonds is 7. The molecule has 7 nitrogen and oxygen atoms in total. The minimum absolute atomic E-state index is 0.183. The second kappa shape index (κ2) is 10.7. The van der Waals surface area contributed by atoms with E-state index >= 15 is 0 Å². The molecule has 4 rings (SSSR count). The third kappa shape index (κ3) is 5.46. The molecule has 1 atom stereocenters. The molecule has 0 fully saturated rings. The number of amidine groups is 1. The standard InChI is InChI=1S/C26H26BrN3O4S/c1-5-33-25(32)23-17(4)28-26-30(10-11-35-26)24(23)20-13-18(27)7-9-21(20)34-14-22(31)29-19-8-6-15(2)16(3)12-19/h6-13,24H,5,14H2,1-4H3,(H,29,31)/t24-/m0/s1. The summed E-state index contributed by atoms with van der Waals surface area (Å²) in [6, 6.07) is 10.8. The number of aryl methyl sites for hydroxylation is 2. The number of carbonyl (C=O) groups excluding carboxylic acids is 2. The molecule has 0 aromatic heterocycles. The number of halogens is 1. The van der Waals surface area contributed by atoms with E-state index in [9.17, 15) is 9.59 Å². The number of amides is 1. The zero-order valence-electron chi connectivity index (χ0n) is 19.9. The van der Waals surface area contributed by atoms with Crippen LogP contribution in [0.1, 0.15) is 36.6 Å². The van der Waals surface area contributed by atoms with Crippen molar-refractivity contribution in [3.05, 3.63) is 80.4 Å². The number of aliphatic imine (C=N–C) groups is 1. The lowest BCUT2D eigenvalue weighted by Gasteiger charge is -2.34. The van der Waals surface area contributed by atoms with Crippen LogP contribution in [-0.2, 0) is 14.3 Å². The molecule has 0 saturated heterocycles. The fraction of sp³-hybridized carbons (Fsp3) is 0.269. The Labute approximate surface area is 217 Å². The molecule has 0 unspecified atom stereocenters. The molecule has 1 amide bonds. The van der Waals surface area contributed by atoms with Gasteiger partial charge >= 0.3 is 5.97 Å². The maximum Gasteiger partial charge on any atom is 0.338 e. The normalized spacial score (nSPS) is 16.7. The maximum absolute atomic E-state index is 13.0. The molecule has 9 heteroatoms. The Morgan fingerprint density at radius 1 is 1.14 bits per heavy atom. The van der Waals surface area contributed by atoms with Crippen molar-refractivity contribution in [3.63, 3.8) is 0 Å². The summed E-state index contributed by atoms with van der Waals surface area (Å²) in [4.78, 5) is 32.2. The average molecular weight is 556 g/mol. The van der Waals surface area contributed by atoms with Crippen LogP contribution < -0.4 is 10.1 Å². The summed E-state index contributed by atoms with van der Waals surface area (Å²) in [5.74, 6) is -0.210. The van der Waals surface area contributed by atoms with Crippen molar-refractivity contribution in [3.8, 4) is 5.75 Å². The average Bonchev–Trinajstić information content (AvgIpc) is 3.28. The van der Waals surface area contributed by atoms with Gasteiger partial charge < -0.3 is 19.7 Å². The first-order valence-corrected chi connectivity index (χ1v) is 12.8. The molecule has 0 bridgehead atoms. The highest BCUT2D eigenvalue weighted by Crippen LogP contribution is 2.44. The number of thioether (sulfide) groups is 1. The van der Waals surface area contributed by atoms with Crippen molar-refractivity contribution in [1.82, 2.24) is 4.90 Å². The highest BCUT2D eigenvalue weighted by molar-refractivity contribution is 9.10. The summed E-state index contributed by atoms with van der Waals surface area (Å²) < 4.78 is 12.2. The molecule has 2 aromatic rings. The first-order chi connectivity index (χ1) is 16.8. The van der Waals surface area contributed by atoms with Gasteiger partial charge in [-0.25, -0.2) is 9.79 Å². The van der Waals surface area contributed by atoms with E-state index in [1.807, 2.05) is 60.7 Å². The van der Waals surface area contributed by atoms with Gasteiger partial charge in [-0.2, -0.15) is 0 Å². The van der Waals surface area contributed by atoms with E-state index in [0.717, 1.165) is 26.3 Å². The van der Waals surface area contributed by atoms with Gasteiger partial charge in [-0.15, -0.1) is 0 Å². The van der Waals surface area contributed by atoms with E-state index < -0.39 is 12.0 Å². The summed E-state index contributed by atoms with van der Waals surface area (Å²) >= 11 is 5.02. The van der Waals surface area contributed by atoms with Gasteiger partial charge in [0.1, 0.15) is 5.75 Å². The van der Waals surface area contributed by atoms with Crippen LogP contribution in [0, 0.1) is 13.8 Å². The van der Waals surface area contributed by atoms with Gasteiger partial charge in [0.25, 0.3) is 5.91 Å². The Hall–Kier alpha value is -3.04. The van der Waals surface area contributed by atoms with Crippen molar-refractivity contribution in [2.24, 2.45) is 4.99 Å². The second-order valence-electron chi connectivity index (χ2n) is 8.14. The van der Waals surface area contributed by atoms with Crippen LogP contribution in [0.3, 0.4) is 0 Å². The third-order valence-corrected chi connectivity index (χ3v) is 7.00. The predicted octanol–water partition coefficient (Wildman–Crippen LogP) is 5.85. The van der Waals surface area contributed by atoms with Crippen molar-refractivity contribution in [2.45, 2.75) is 33.7 Å². The Morgan fingerprint density at radius 3 is 2.69 bits per heavy atom. The molecule has 2 aliphatic heterocycles. The van der Waals surface area contributed by atoms with Crippen LogP contribution in [0.2, 0.25) is 0 Å². The number of nitrogens with one attached hydrogen (secondary N) is 1. The number of anilines is 1. The minimum Gasteiger partial charge on any atom is -0.483 e. The van der Waals surface area contributed by atoms with Gasteiger partial charge in [-0.05, 0) is 74.6 Å². The second-order valence-corrected chi connectivity index (χ2v) is 9.93. The largest absolute Gasteiger partial charge is 0.483 e. The molecule has 0 saturated carbocycles. The molecule has 0 spiro atoms. The number of carbonyl (C=O) groups is 2. The highest BCUT2D eigenvalue weighted by Gasteiger charge is 2.39. The summed E-state index contributed by atoms with van der Waals surface area (Å²) in [6.07, 6.45) is 1.89. The topological polar surface area (TPSA) is 80.2 Å². The molecule has 2 aromatic carbocycles. The molecule has 182 valence electrons. The molecular formula is C26H26BrN3O4S. The molecule has 2 heterocycles. The monoisotopic (exact) mass is 555 g/mol. The van der Waals surface area contributed by atoms with Crippen molar-refractivity contribution < 1.29 is 19.1 Å². The highest BCUT2D eigenvalue weighted by atomic mass is 79.9.